The zero-order valence-corrected chi connectivity index (χ0v) is 18.3. The quantitative estimate of drug-likeness (QED) is 0.504. The minimum Gasteiger partial charge on any atom is -0.343 e. The van der Waals surface area contributed by atoms with Gasteiger partial charge in [-0.15, -0.1) is 0 Å². The first-order valence-corrected chi connectivity index (χ1v) is 11.2. The second-order valence-corrected chi connectivity index (χ2v) is 9.08. The lowest BCUT2D eigenvalue weighted by atomic mass is 10.1. The molecular formula is C20H20F3N5O4S. The number of benzene rings is 1. The van der Waals surface area contributed by atoms with Crippen LogP contribution in [0, 0.1) is 5.92 Å². The standard InChI is InChI=1S/C20H20F3N5O4S/c1-12(2)16(19-26-17(27-32-19)14-4-3-9-24-10-14)28-33(30,31)15-7-5-13(6-8-15)18(29)25-11-20(21,22)23/h3-10,12,16,28H,11H2,1-2H3,(H,25,29). The lowest BCUT2D eigenvalue weighted by molar-refractivity contribution is -0.123. The highest BCUT2D eigenvalue weighted by molar-refractivity contribution is 7.89. The lowest BCUT2D eigenvalue weighted by Crippen LogP contribution is -2.34. The van der Waals surface area contributed by atoms with Gasteiger partial charge in [-0.25, -0.2) is 8.42 Å². The maximum atomic E-state index is 12.9. The van der Waals surface area contributed by atoms with Gasteiger partial charge in [-0.2, -0.15) is 22.9 Å². The summed E-state index contributed by atoms with van der Waals surface area (Å²) in [5.74, 6) is -0.944. The number of pyridine rings is 1. The molecule has 0 saturated heterocycles. The normalized spacial score (nSPS) is 13.2. The predicted octanol–water partition coefficient (Wildman–Crippen LogP) is 3.10. The fourth-order valence-electron chi connectivity index (χ4n) is 2.75. The van der Waals surface area contributed by atoms with Crippen LogP contribution in [0.5, 0.6) is 0 Å². The van der Waals surface area contributed by atoms with Crippen molar-refractivity contribution in [3.8, 4) is 11.4 Å². The molecule has 9 nitrogen and oxygen atoms in total. The number of halogens is 3. The number of hydrogen-bond donors (Lipinski definition) is 2. The number of amides is 1. The van der Waals surface area contributed by atoms with Crippen molar-refractivity contribution in [1.29, 1.82) is 0 Å². The van der Waals surface area contributed by atoms with Gasteiger partial charge in [0.25, 0.3) is 5.91 Å². The Hall–Kier alpha value is -3.32. The van der Waals surface area contributed by atoms with Crippen LogP contribution in [0.3, 0.4) is 0 Å². The Balaban J connectivity index is 1.76. The molecule has 0 saturated carbocycles. The molecule has 0 aliphatic rings. The molecule has 0 spiro atoms. The van der Waals surface area contributed by atoms with Crippen molar-refractivity contribution in [3.05, 3.63) is 60.2 Å². The van der Waals surface area contributed by atoms with E-state index >= 15 is 0 Å². The van der Waals surface area contributed by atoms with Crippen LogP contribution in [0.15, 0.2) is 58.2 Å². The highest BCUT2D eigenvalue weighted by Crippen LogP contribution is 2.25. The molecule has 176 valence electrons. The Bertz CT molecular complexity index is 1200. The summed E-state index contributed by atoms with van der Waals surface area (Å²) in [5.41, 5.74) is 0.480. The number of hydrogen-bond acceptors (Lipinski definition) is 7. The van der Waals surface area contributed by atoms with E-state index in [2.05, 4.69) is 19.8 Å². The number of aromatic nitrogens is 3. The van der Waals surface area contributed by atoms with E-state index < -0.39 is 34.7 Å². The fraction of sp³-hybridized carbons (Fsp3) is 0.300. The molecule has 1 aromatic carbocycles. The van der Waals surface area contributed by atoms with Crippen molar-refractivity contribution in [2.75, 3.05) is 6.54 Å². The van der Waals surface area contributed by atoms with Gasteiger partial charge in [0.05, 0.1) is 4.90 Å². The Morgan fingerprint density at radius 1 is 1.15 bits per heavy atom. The summed E-state index contributed by atoms with van der Waals surface area (Å²) in [4.78, 5) is 19.9. The molecule has 3 aromatic rings. The topological polar surface area (TPSA) is 127 Å². The smallest absolute Gasteiger partial charge is 0.343 e. The number of nitrogens with zero attached hydrogens (tertiary/aromatic N) is 3. The zero-order chi connectivity index (χ0) is 24.2. The van der Waals surface area contributed by atoms with Gasteiger partial charge in [0.2, 0.25) is 21.7 Å². The number of alkyl halides is 3. The van der Waals surface area contributed by atoms with Crippen LogP contribution in [0.1, 0.15) is 36.1 Å². The molecule has 1 atom stereocenters. The van der Waals surface area contributed by atoms with Gasteiger partial charge in [-0.3, -0.25) is 9.78 Å². The summed E-state index contributed by atoms with van der Waals surface area (Å²) in [6.45, 7) is 2.03. The minimum absolute atomic E-state index is 0.0515. The summed E-state index contributed by atoms with van der Waals surface area (Å²) >= 11 is 0. The molecule has 0 aliphatic heterocycles. The first kappa shape index (κ1) is 24.3. The van der Waals surface area contributed by atoms with Crippen LogP contribution in [0.25, 0.3) is 11.4 Å². The average molecular weight is 483 g/mol. The zero-order valence-electron chi connectivity index (χ0n) is 17.5. The van der Waals surface area contributed by atoms with Crippen molar-refractivity contribution in [2.45, 2.75) is 31.0 Å². The summed E-state index contributed by atoms with van der Waals surface area (Å²) in [6, 6.07) is 7.05. The Kier molecular flexibility index (Phi) is 7.12. The molecule has 0 radical (unpaired) electrons. The Morgan fingerprint density at radius 3 is 2.42 bits per heavy atom. The van der Waals surface area contributed by atoms with E-state index in [9.17, 15) is 26.4 Å². The van der Waals surface area contributed by atoms with E-state index in [-0.39, 0.29) is 28.1 Å². The van der Waals surface area contributed by atoms with E-state index in [4.69, 9.17) is 4.52 Å². The number of carbonyl (C=O) groups is 1. The predicted molar refractivity (Wildman–Crippen MR) is 110 cm³/mol. The molecule has 33 heavy (non-hydrogen) atoms. The van der Waals surface area contributed by atoms with Crippen molar-refractivity contribution >= 4 is 15.9 Å². The molecule has 1 amide bonds. The summed E-state index contributed by atoms with van der Waals surface area (Å²) in [7, 11) is -4.09. The molecule has 0 bridgehead atoms. The van der Waals surface area contributed by atoms with E-state index in [0.29, 0.717) is 5.56 Å². The van der Waals surface area contributed by atoms with E-state index in [1.165, 1.54) is 6.20 Å². The Labute approximate surface area is 187 Å². The van der Waals surface area contributed by atoms with Crippen LogP contribution >= 0.6 is 0 Å². The molecule has 1 unspecified atom stereocenters. The highest BCUT2D eigenvalue weighted by atomic mass is 32.2. The van der Waals surface area contributed by atoms with Gasteiger partial charge in [-0.05, 0) is 42.3 Å². The van der Waals surface area contributed by atoms with Gasteiger partial charge in [0.1, 0.15) is 12.6 Å². The van der Waals surface area contributed by atoms with E-state index in [1.807, 2.05) is 0 Å². The molecule has 2 N–H and O–H groups in total. The van der Waals surface area contributed by atoms with Crippen molar-refractivity contribution in [1.82, 2.24) is 25.2 Å². The first-order valence-electron chi connectivity index (χ1n) is 9.67. The third-order valence-corrected chi connectivity index (χ3v) is 5.91. The largest absolute Gasteiger partial charge is 0.405 e. The second kappa shape index (κ2) is 9.67. The average Bonchev–Trinajstić information content (AvgIpc) is 3.26. The van der Waals surface area contributed by atoms with Gasteiger partial charge in [-0.1, -0.05) is 19.0 Å². The van der Waals surface area contributed by atoms with Gasteiger partial charge < -0.3 is 9.84 Å². The van der Waals surface area contributed by atoms with Gasteiger partial charge >= 0.3 is 6.18 Å². The monoisotopic (exact) mass is 483 g/mol. The maximum absolute atomic E-state index is 12.9. The number of sulfonamides is 1. The SMILES string of the molecule is CC(C)C(NS(=O)(=O)c1ccc(C(=O)NCC(F)(F)F)cc1)c1nc(-c2cccnc2)no1. The molecule has 0 aliphatic carbocycles. The van der Waals surface area contributed by atoms with Crippen LogP contribution in [0.2, 0.25) is 0 Å². The van der Waals surface area contributed by atoms with E-state index in [1.54, 1.807) is 37.5 Å². The van der Waals surface area contributed by atoms with Crippen LogP contribution in [0.4, 0.5) is 13.2 Å². The molecule has 2 aromatic heterocycles. The molecule has 0 fully saturated rings. The Morgan fingerprint density at radius 2 is 1.85 bits per heavy atom. The fourth-order valence-corrected chi connectivity index (χ4v) is 4.09. The minimum atomic E-state index is -4.56. The molecule has 13 heteroatoms. The van der Waals surface area contributed by atoms with Crippen molar-refractivity contribution in [3.63, 3.8) is 0 Å². The van der Waals surface area contributed by atoms with E-state index in [0.717, 1.165) is 24.3 Å². The van der Waals surface area contributed by atoms with Gasteiger partial charge in [0, 0.05) is 23.5 Å². The third-order valence-electron chi connectivity index (χ3n) is 4.45. The van der Waals surface area contributed by atoms with Crippen molar-refractivity contribution < 1.29 is 30.9 Å². The summed E-state index contributed by atoms with van der Waals surface area (Å²) < 4.78 is 70.3. The molecule has 2 heterocycles. The highest BCUT2D eigenvalue weighted by Gasteiger charge is 2.30. The number of nitrogens with one attached hydrogen (secondary N) is 2. The third kappa shape index (κ3) is 6.35. The maximum Gasteiger partial charge on any atom is 0.405 e. The second-order valence-electron chi connectivity index (χ2n) is 7.36. The van der Waals surface area contributed by atoms with Crippen LogP contribution in [-0.2, 0) is 10.0 Å². The molecular weight excluding hydrogens is 463 g/mol. The van der Waals surface area contributed by atoms with Crippen molar-refractivity contribution in [2.24, 2.45) is 5.92 Å². The molecule has 3 rings (SSSR count). The lowest BCUT2D eigenvalue weighted by Gasteiger charge is -2.18. The van der Waals surface area contributed by atoms with Gasteiger partial charge in [0.15, 0.2) is 0 Å². The summed E-state index contributed by atoms with van der Waals surface area (Å²) in [5, 5.41) is 5.59. The van der Waals surface area contributed by atoms with Crippen LogP contribution in [-0.4, -0.2) is 42.2 Å². The first-order chi connectivity index (χ1) is 15.5. The summed E-state index contributed by atoms with van der Waals surface area (Å²) in [6.07, 6.45) is -1.43. The van der Waals surface area contributed by atoms with Crippen LogP contribution < -0.4 is 10.0 Å². The number of rotatable bonds is 8. The number of carbonyl (C=O) groups excluding carboxylic acids is 1.